The summed E-state index contributed by atoms with van der Waals surface area (Å²) in [5, 5.41) is 0. The van der Waals surface area contributed by atoms with Crippen LogP contribution in [0, 0.1) is 6.92 Å². The first-order chi connectivity index (χ1) is 20.0. The largest absolute Gasteiger partial charge is 0.492 e. The van der Waals surface area contributed by atoms with Gasteiger partial charge in [-0.1, -0.05) is 18.2 Å². The highest BCUT2D eigenvalue weighted by atomic mass is 16.5. The molecular formula is C35H37N3O3. The van der Waals surface area contributed by atoms with Gasteiger partial charge >= 0.3 is 0 Å². The molecule has 3 aromatic carbocycles. The molecule has 0 aliphatic carbocycles. The monoisotopic (exact) mass is 547 g/mol. The SMILES string of the molecule is Cc1cc(N2CCCC2=O)ccc1-c1ccc(C(=O)N2CCc3cc4c(cc32)C2(CCN3CCCC3C2)CO4)cc1. The molecule has 2 amide bonds. The maximum absolute atomic E-state index is 13.8. The molecule has 0 N–H and O–H groups in total. The van der Waals surface area contributed by atoms with Gasteiger partial charge in [-0.2, -0.15) is 0 Å². The van der Waals surface area contributed by atoms with Crippen molar-refractivity contribution in [1.29, 1.82) is 0 Å². The third-order valence-corrected chi connectivity index (χ3v) is 10.4. The van der Waals surface area contributed by atoms with Gasteiger partial charge < -0.3 is 19.4 Å². The standard InChI is InChI=1S/C35H37N3O3/c1-23-18-27(37-15-3-5-33(37)39)10-11-29(23)24-6-8-25(9-7-24)34(40)38-16-12-26-19-32-30(20-31(26)38)35(22-41-32)13-17-36-14-2-4-28(36)21-35/h6-11,18-20,28H,2-5,12-17,21-22H2,1H3. The van der Waals surface area contributed by atoms with E-state index in [1.54, 1.807) is 0 Å². The highest BCUT2D eigenvalue weighted by molar-refractivity contribution is 6.07. The van der Waals surface area contributed by atoms with E-state index in [0.717, 1.165) is 72.8 Å². The fourth-order valence-electron chi connectivity index (χ4n) is 8.17. The predicted octanol–water partition coefficient (Wildman–Crippen LogP) is 5.88. The van der Waals surface area contributed by atoms with Crippen LogP contribution in [-0.2, 0) is 16.6 Å². The van der Waals surface area contributed by atoms with Crippen LogP contribution in [0.1, 0.15) is 65.6 Å². The van der Waals surface area contributed by atoms with Crippen LogP contribution in [0.2, 0.25) is 0 Å². The van der Waals surface area contributed by atoms with Gasteiger partial charge in [-0.15, -0.1) is 0 Å². The van der Waals surface area contributed by atoms with Crippen LogP contribution in [0.5, 0.6) is 5.75 Å². The lowest BCUT2D eigenvalue weighted by atomic mass is 9.71. The number of anilines is 2. The van der Waals surface area contributed by atoms with Gasteiger partial charge in [0.15, 0.2) is 0 Å². The summed E-state index contributed by atoms with van der Waals surface area (Å²) in [5.74, 6) is 1.31. The Labute approximate surface area is 241 Å². The molecule has 3 fully saturated rings. The Hall–Kier alpha value is -3.64. The van der Waals surface area contributed by atoms with E-state index < -0.39 is 0 Å². The van der Waals surface area contributed by atoms with Crippen molar-refractivity contribution in [2.45, 2.75) is 63.3 Å². The first-order valence-electron chi connectivity index (χ1n) is 15.4. The first kappa shape index (κ1) is 25.1. The molecule has 6 nitrogen and oxygen atoms in total. The van der Waals surface area contributed by atoms with Crippen molar-refractivity contribution in [3.63, 3.8) is 0 Å². The Kier molecular flexibility index (Phi) is 5.79. The quantitative estimate of drug-likeness (QED) is 0.411. The second-order valence-corrected chi connectivity index (χ2v) is 12.8. The van der Waals surface area contributed by atoms with Gasteiger partial charge in [-0.3, -0.25) is 9.59 Å². The zero-order valence-corrected chi connectivity index (χ0v) is 23.8. The zero-order chi connectivity index (χ0) is 27.7. The van der Waals surface area contributed by atoms with Crippen LogP contribution >= 0.6 is 0 Å². The van der Waals surface area contributed by atoms with E-state index in [9.17, 15) is 9.59 Å². The molecule has 5 aliphatic heterocycles. The molecule has 8 rings (SSSR count). The van der Waals surface area contributed by atoms with E-state index in [-0.39, 0.29) is 17.2 Å². The third kappa shape index (κ3) is 4.02. The van der Waals surface area contributed by atoms with Crippen LogP contribution in [0.15, 0.2) is 54.6 Å². The maximum atomic E-state index is 13.8. The number of piperidine rings is 1. The van der Waals surface area contributed by atoms with Gasteiger partial charge in [0.25, 0.3) is 5.91 Å². The molecule has 5 heterocycles. The average Bonchev–Trinajstić information content (AvgIpc) is 3.79. The second-order valence-electron chi connectivity index (χ2n) is 12.8. The summed E-state index contributed by atoms with van der Waals surface area (Å²) in [5.41, 5.74) is 8.72. The number of hydrogen-bond donors (Lipinski definition) is 0. The Morgan fingerprint density at radius 3 is 2.63 bits per heavy atom. The summed E-state index contributed by atoms with van der Waals surface area (Å²) < 4.78 is 6.31. The van der Waals surface area contributed by atoms with E-state index in [2.05, 4.69) is 36.1 Å². The molecule has 0 bridgehead atoms. The van der Waals surface area contributed by atoms with E-state index in [4.69, 9.17) is 4.74 Å². The van der Waals surface area contributed by atoms with Gasteiger partial charge in [0, 0.05) is 53.5 Å². The van der Waals surface area contributed by atoms with Crippen LogP contribution in [0.25, 0.3) is 11.1 Å². The van der Waals surface area contributed by atoms with Gasteiger partial charge in [0.1, 0.15) is 5.75 Å². The number of benzene rings is 3. The first-order valence-corrected chi connectivity index (χ1v) is 15.4. The lowest BCUT2D eigenvalue weighted by molar-refractivity contribution is -0.117. The predicted molar refractivity (Wildman–Crippen MR) is 161 cm³/mol. The van der Waals surface area contributed by atoms with Gasteiger partial charge in [-0.25, -0.2) is 0 Å². The number of carbonyl (C=O) groups excluding carboxylic acids is 2. The minimum absolute atomic E-state index is 0.0634. The lowest BCUT2D eigenvalue weighted by Crippen LogP contribution is -2.46. The van der Waals surface area contributed by atoms with Crippen molar-refractivity contribution in [1.82, 2.24) is 4.90 Å². The fourth-order valence-corrected chi connectivity index (χ4v) is 8.17. The van der Waals surface area contributed by atoms with E-state index in [0.29, 0.717) is 24.6 Å². The topological polar surface area (TPSA) is 53.1 Å². The summed E-state index contributed by atoms with van der Waals surface area (Å²) in [6.45, 7) is 6.76. The highest BCUT2D eigenvalue weighted by Crippen LogP contribution is 2.51. The smallest absolute Gasteiger partial charge is 0.258 e. The molecule has 0 saturated carbocycles. The molecule has 3 aromatic rings. The number of ether oxygens (including phenoxy) is 1. The van der Waals surface area contributed by atoms with Crippen molar-refractivity contribution < 1.29 is 14.3 Å². The number of nitrogens with zero attached hydrogens (tertiary/aromatic N) is 3. The molecule has 5 aliphatic rings. The Bertz CT molecular complexity index is 1560. The molecule has 41 heavy (non-hydrogen) atoms. The molecule has 1 spiro atoms. The summed E-state index contributed by atoms with van der Waals surface area (Å²) in [7, 11) is 0. The van der Waals surface area contributed by atoms with E-state index in [1.807, 2.05) is 40.1 Å². The maximum Gasteiger partial charge on any atom is 0.258 e. The average molecular weight is 548 g/mol. The third-order valence-electron chi connectivity index (χ3n) is 10.4. The molecule has 0 radical (unpaired) electrons. The molecule has 6 heteroatoms. The highest BCUT2D eigenvalue weighted by Gasteiger charge is 2.48. The number of fused-ring (bicyclic) bond motifs is 4. The summed E-state index contributed by atoms with van der Waals surface area (Å²) in [6.07, 6.45) is 7.34. The Morgan fingerprint density at radius 2 is 1.83 bits per heavy atom. The van der Waals surface area contributed by atoms with Crippen LogP contribution in [0.4, 0.5) is 11.4 Å². The zero-order valence-electron chi connectivity index (χ0n) is 23.8. The van der Waals surface area contributed by atoms with Crippen LogP contribution in [0.3, 0.4) is 0 Å². The van der Waals surface area contributed by atoms with E-state index in [1.165, 1.54) is 36.9 Å². The molecule has 2 atom stereocenters. The Morgan fingerprint density at radius 1 is 0.951 bits per heavy atom. The lowest BCUT2D eigenvalue weighted by Gasteiger charge is -2.41. The van der Waals surface area contributed by atoms with Crippen molar-refractivity contribution in [3.05, 3.63) is 76.9 Å². The van der Waals surface area contributed by atoms with Crippen molar-refractivity contribution in [2.75, 3.05) is 42.6 Å². The number of amides is 2. The van der Waals surface area contributed by atoms with Crippen LogP contribution < -0.4 is 14.5 Å². The van der Waals surface area contributed by atoms with Crippen molar-refractivity contribution in [2.24, 2.45) is 0 Å². The van der Waals surface area contributed by atoms with Crippen LogP contribution in [-0.4, -0.2) is 55.5 Å². The summed E-state index contributed by atoms with van der Waals surface area (Å²) >= 11 is 0. The number of aryl methyl sites for hydroxylation is 1. The van der Waals surface area contributed by atoms with Gasteiger partial charge in [0.05, 0.1) is 6.61 Å². The minimum Gasteiger partial charge on any atom is -0.492 e. The van der Waals surface area contributed by atoms with E-state index >= 15 is 0 Å². The number of hydrogen-bond acceptors (Lipinski definition) is 4. The Balaban J connectivity index is 1.04. The summed E-state index contributed by atoms with van der Waals surface area (Å²) in [4.78, 5) is 32.5. The normalized spacial score (nSPS) is 25.0. The minimum atomic E-state index is 0.0634. The molecule has 3 saturated heterocycles. The number of rotatable bonds is 3. The molecule has 0 aromatic heterocycles. The van der Waals surface area contributed by atoms with Gasteiger partial charge in [-0.05, 0) is 117 Å². The fraction of sp³-hybridized carbons (Fsp3) is 0.429. The molecule has 210 valence electrons. The van der Waals surface area contributed by atoms with Crippen molar-refractivity contribution >= 4 is 23.2 Å². The molecular weight excluding hydrogens is 510 g/mol. The second kappa shape index (κ2) is 9.45. The van der Waals surface area contributed by atoms with Gasteiger partial charge in [0.2, 0.25) is 5.91 Å². The summed E-state index contributed by atoms with van der Waals surface area (Å²) in [6, 6.07) is 19.4. The van der Waals surface area contributed by atoms with Crippen molar-refractivity contribution in [3.8, 4) is 16.9 Å². The molecule has 2 unspecified atom stereocenters. The number of carbonyl (C=O) groups is 2.